The number of phenolic OH excluding ortho intramolecular Hbond substituents is 1. The molecule has 0 saturated carbocycles. The number of carbonyl (C=O) groups is 1. The molecular weight excluding hydrogens is 243 g/mol. The van der Waals surface area contributed by atoms with E-state index >= 15 is 0 Å². The van der Waals surface area contributed by atoms with Gasteiger partial charge in [-0.1, -0.05) is 15.9 Å². The number of hydrogen-bond donors (Lipinski definition) is 3. The van der Waals surface area contributed by atoms with Gasteiger partial charge in [0.2, 0.25) is 0 Å². The van der Waals surface area contributed by atoms with Gasteiger partial charge in [0.25, 0.3) is 0 Å². The fourth-order valence-electron chi connectivity index (χ4n) is 0.794. The third-order valence-corrected chi connectivity index (χ3v) is 1.74. The van der Waals surface area contributed by atoms with Crippen LogP contribution in [0, 0.1) is 5.82 Å². The number of primary amides is 1. The number of aromatic hydroxyl groups is 1. The number of anilines is 1. The maximum absolute atomic E-state index is 12.8. The third kappa shape index (κ3) is 2.32. The van der Waals surface area contributed by atoms with E-state index in [4.69, 9.17) is 10.8 Å². The maximum Gasteiger partial charge on any atom is 0.316 e. The van der Waals surface area contributed by atoms with Crippen LogP contribution in [0.2, 0.25) is 0 Å². The molecule has 0 aliphatic carbocycles. The molecule has 4 nitrogen and oxygen atoms in total. The van der Waals surface area contributed by atoms with E-state index in [9.17, 15) is 9.18 Å². The van der Waals surface area contributed by atoms with Gasteiger partial charge in [-0.15, -0.1) is 0 Å². The van der Waals surface area contributed by atoms with E-state index in [0.29, 0.717) is 4.47 Å². The van der Waals surface area contributed by atoms with Crippen LogP contribution in [0.1, 0.15) is 0 Å². The zero-order valence-electron chi connectivity index (χ0n) is 6.34. The summed E-state index contributed by atoms with van der Waals surface area (Å²) in [5, 5.41) is 11.2. The molecule has 1 aromatic carbocycles. The second-order valence-corrected chi connectivity index (χ2v) is 3.19. The monoisotopic (exact) mass is 248 g/mol. The number of rotatable bonds is 1. The number of amides is 2. The minimum absolute atomic E-state index is 0.0700. The Hall–Kier alpha value is -1.30. The van der Waals surface area contributed by atoms with E-state index < -0.39 is 17.6 Å². The largest absolute Gasteiger partial charge is 0.503 e. The SMILES string of the molecule is NC(=O)Nc1cc(Br)cc(F)c1O. The Balaban J connectivity index is 3.12. The summed E-state index contributed by atoms with van der Waals surface area (Å²) < 4.78 is 13.2. The first kappa shape index (κ1) is 9.79. The van der Waals surface area contributed by atoms with Crippen LogP contribution in [0.3, 0.4) is 0 Å². The topological polar surface area (TPSA) is 75.4 Å². The summed E-state index contributed by atoms with van der Waals surface area (Å²) in [5.74, 6) is -1.47. The number of benzene rings is 1. The van der Waals surface area contributed by atoms with Crippen LogP contribution in [-0.2, 0) is 0 Å². The van der Waals surface area contributed by atoms with Gasteiger partial charge in [0.1, 0.15) is 0 Å². The van der Waals surface area contributed by atoms with Crippen LogP contribution < -0.4 is 11.1 Å². The summed E-state index contributed by atoms with van der Waals surface area (Å²) >= 11 is 2.99. The van der Waals surface area contributed by atoms with Crippen molar-refractivity contribution >= 4 is 27.6 Å². The number of halogens is 2. The van der Waals surface area contributed by atoms with E-state index in [1.165, 1.54) is 6.07 Å². The van der Waals surface area contributed by atoms with Gasteiger partial charge in [-0.2, -0.15) is 0 Å². The van der Waals surface area contributed by atoms with Crippen molar-refractivity contribution < 1.29 is 14.3 Å². The Morgan fingerprint density at radius 1 is 1.62 bits per heavy atom. The molecule has 0 radical (unpaired) electrons. The lowest BCUT2D eigenvalue weighted by Crippen LogP contribution is -2.19. The summed E-state index contributed by atoms with van der Waals surface area (Å²) in [6.07, 6.45) is 0. The van der Waals surface area contributed by atoms with Crippen molar-refractivity contribution in [2.75, 3.05) is 5.32 Å². The van der Waals surface area contributed by atoms with Crippen molar-refractivity contribution in [3.63, 3.8) is 0 Å². The molecule has 0 atom stereocenters. The van der Waals surface area contributed by atoms with E-state index in [0.717, 1.165) is 6.07 Å². The molecule has 70 valence electrons. The van der Waals surface area contributed by atoms with Crippen LogP contribution in [0.4, 0.5) is 14.9 Å². The summed E-state index contributed by atoms with van der Waals surface area (Å²) in [6.45, 7) is 0. The van der Waals surface area contributed by atoms with E-state index in [-0.39, 0.29) is 5.69 Å². The lowest BCUT2D eigenvalue weighted by molar-refractivity contribution is 0.259. The van der Waals surface area contributed by atoms with Crippen molar-refractivity contribution in [2.45, 2.75) is 0 Å². The molecule has 4 N–H and O–H groups in total. The van der Waals surface area contributed by atoms with Crippen molar-refractivity contribution in [3.05, 3.63) is 22.4 Å². The molecule has 1 rings (SSSR count). The molecule has 6 heteroatoms. The zero-order valence-corrected chi connectivity index (χ0v) is 7.93. The van der Waals surface area contributed by atoms with Gasteiger partial charge in [0, 0.05) is 4.47 Å². The summed E-state index contributed by atoms with van der Waals surface area (Å²) in [6, 6.07) is 1.54. The number of phenols is 1. The lowest BCUT2D eigenvalue weighted by atomic mass is 10.3. The Morgan fingerprint density at radius 3 is 2.77 bits per heavy atom. The molecule has 0 aliphatic heterocycles. The molecule has 0 heterocycles. The second kappa shape index (κ2) is 3.61. The number of hydrogen-bond acceptors (Lipinski definition) is 2. The van der Waals surface area contributed by atoms with Crippen LogP contribution in [0.5, 0.6) is 5.75 Å². The van der Waals surface area contributed by atoms with Crippen LogP contribution >= 0.6 is 15.9 Å². The number of nitrogens with one attached hydrogen (secondary N) is 1. The third-order valence-electron chi connectivity index (χ3n) is 1.29. The first-order valence-electron chi connectivity index (χ1n) is 3.25. The normalized spacial score (nSPS) is 9.69. The predicted molar refractivity (Wildman–Crippen MR) is 49.0 cm³/mol. The zero-order chi connectivity index (χ0) is 10.0. The Kier molecular flexibility index (Phi) is 2.72. The minimum atomic E-state index is -0.868. The van der Waals surface area contributed by atoms with Crippen molar-refractivity contribution in [1.82, 2.24) is 0 Å². The molecule has 0 saturated heterocycles. The average Bonchev–Trinajstić information content (AvgIpc) is 1.98. The molecule has 13 heavy (non-hydrogen) atoms. The fourth-order valence-corrected chi connectivity index (χ4v) is 1.22. The van der Waals surface area contributed by atoms with Gasteiger partial charge in [0.05, 0.1) is 5.69 Å². The summed E-state index contributed by atoms with van der Waals surface area (Å²) in [7, 11) is 0. The summed E-state index contributed by atoms with van der Waals surface area (Å²) in [4.78, 5) is 10.4. The van der Waals surface area contributed by atoms with E-state index in [1.54, 1.807) is 0 Å². The van der Waals surface area contributed by atoms with Crippen molar-refractivity contribution in [1.29, 1.82) is 0 Å². The standard InChI is InChI=1S/C7H6BrFN2O2/c8-3-1-4(9)6(12)5(2-3)11-7(10)13/h1-2,12H,(H3,10,11,13). The van der Waals surface area contributed by atoms with Crippen LogP contribution in [0.25, 0.3) is 0 Å². The number of carbonyl (C=O) groups excluding carboxylic acids is 1. The predicted octanol–water partition coefficient (Wildman–Crippen LogP) is 1.78. The van der Waals surface area contributed by atoms with Crippen molar-refractivity contribution in [2.24, 2.45) is 5.73 Å². The van der Waals surface area contributed by atoms with Gasteiger partial charge in [-0.05, 0) is 12.1 Å². The van der Waals surface area contributed by atoms with E-state index in [2.05, 4.69) is 21.2 Å². The molecule has 0 spiro atoms. The van der Waals surface area contributed by atoms with Crippen molar-refractivity contribution in [3.8, 4) is 5.75 Å². The van der Waals surface area contributed by atoms with Gasteiger partial charge < -0.3 is 16.2 Å². The highest BCUT2D eigenvalue weighted by molar-refractivity contribution is 9.10. The average molecular weight is 249 g/mol. The lowest BCUT2D eigenvalue weighted by Gasteiger charge is -2.05. The Bertz CT molecular complexity index is 357. The number of nitrogens with two attached hydrogens (primary N) is 1. The Morgan fingerprint density at radius 2 is 2.23 bits per heavy atom. The molecule has 1 aromatic rings. The van der Waals surface area contributed by atoms with Crippen LogP contribution in [-0.4, -0.2) is 11.1 Å². The molecular formula is C7H6BrFN2O2. The number of urea groups is 1. The van der Waals surface area contributed by atoms with E-state index in [1.807, 2.05) is 0 Å². The second-order valence-electron chi connectivity index (χ2n) is 2.27. The molecule has 0 unspecified atom stereocenters. The highest BCUT2D eigenvalue weighted by atomic mass is 79.9. The maximum atomic E-state index is 12.8. The molecule has 0 fully saturated rings. The molecule has 2 amide bonds. The molecule has 0 aromatic heterocycles. The molecule has 0 bridgehead atoms. The Labute approximate surface area is 81.7 Å². The van der Waals surface area contributed by atoms with Crippen LogP contribution in [0.15, 0.2) is 16.6 Å². The van der Waals surface area contributed by atoms with Gasteiger partial charge in [-0.3, -0.25) is 0 Å². The van der Waals surface area contributed by atoms with Gasteiger partial charge in [-0.25, -0.2) is 9.18 Å². The fraction of sp³-hybridized carbons (Fsp3) is 0. The van der Waals surface area contributed by atoms with Gasteiger partial charge in [0.15, 0.2) is 11.6 Å². The highest BCUT2D eigenvalue weighted by Gasteiger charge is 2.09. The quantitative estimate of drug-likeness (QED) is 0.663. The highest BCUT2D eigenvalue weighted by Crippen LogP contribution is 2.30. The summed E-state index contributed by atoms with van der Waals surface area (Å²) in [5.41, 5.74) is 4.72. The molecule has 0 aliphatic rings. The first-order valence-corrected chi connectivity index (χ1v) is 4.04. The minimum Gasteiger partial charge on any atom is -0.503 e. The smallest absolute Gasteiger partial charge is 0.316 e. The first-order chi connectivity index (χ1) is 6.00. The van der Waals surface area contributed by atoms with Gasteiger partial charge >= 0.3 is 6.03 Å².